The number of benzene rings is 2. The summed E-state index contributed by atoms with van der Waals surface area (Å²) < 4.78 is 5.64. The molecule has 1 unspecified atom stereocenters. The van der Waals surface area contributed by atoms with E-state index in [2.05, 4.69) is 6.07 Å². The van der Waals surface area contributed by atoms with Gasteiger partial charge in [0.15, 0.2) is 0 Å². The first-order chi connectivity index (χ1) is 10.2. The molecule has 1 heterocycles. The number of ketones is 1. The van der Waals surface area contributed by atoms with Crippen molar-refractivity contribution in [2.45, 2.75) is 25.2 Å². The van der Waals surface area contributed by atoms with Crippen LogP contribution in [0.25, 0.3) is 0 Å². The van der Waals surface area contributed by atoms with Crippen LogP contribution in [-0.2, 0) is 11.2 Å². The van der Waals surface area contributed by atoms with Gasteiger partial charge in [0.25, 0.3) is 0 Å². The average molecular weight is 301 g/mol. The summed E-state index contributed by atoms with van der Waals surface area (Å²) in [5.41, 5.74) is 2.14. The lowest BCUT2D eigenvalue weighted by atomic mass is 9.87. The van der Waals surface area contributed by atoms with E-state index in [-0.39, 0.29) is 11.7 Å². The molecule has 2 nitrogen and oxygen atoms in total. The lowest BCUT2D eigenvalue weighted by Crippen LogP contribution is -2.17. The Labute approximate surface area is 129 Å². The minimum absolute atomic E-state index is 0.249. The molecule has 0 saturated heterocycles. The first kappa shape index (κ1) is 14.2. The van der Waals surface area contributed by atoms with Crippen LogP contribution < -0.4 is 4.74 Å². The van der Waals surface area contributed by atoms with Gasteiger partial charge >= 0.3 is 0 Å². The highest BCUT2D eigenvalue weighted by molar-refractivity contribution is 6.30. The number of carbonyl (C=O) groups is 1. The average Bonchev–Trinajstić information content (AvgIpc) is 2.47. The smallest absolute Gasteiger partial charge is 0.137 e. The monoisotopic (exact) mass is 300 g/mol. The SMILES string of the molecule is O=C(Cc1cccc(Cl)c1)CC1CCOc2ccccc21. The van der Waals surface area contributed by atoms with E-state index in [0.29, 0.717) is 24.5 Å². The zero-order chi connectivity index (χ0) is 14.7. The summed E-state index contributed by atoms with van der Waals surface area (Å²) in [5.74, 6) is 1.44. The summed E-state index contributed by atoms with van der Waals surface area (Å²) in [6.07, 6.45) is 1.91. The van der Waals surface area contributed by atoms with Crippen LogP contribution in [-0.4, -0.2) is 12.4 Å². The lowest BCUT2D eigenvalue weighted by molar-refractivity contribution is -0.118. The van der Waals surface area contributed by atoms with Crippen molar-refractivity contribution in [1.82, 2.24) is 0 Å². The van der Waals surface area contributed by atoms with Crippen LogP contribution in [0.2, 0.25) is 5.02 Å². The maximum atomic E-state index is 12.3. The van der Waals surface area contributed by atoms with Gasteiger partial charge in [-0.25, -0.2) is 0 Å². The first-order valence-electron chi connectivity index (χ1n) is 7.20. The lowest BCUT2D eigenvalue weighted by Gasteiger charge is -2.25. The Hall–Kier alpha value is -1.80. The molecule has 2 aromatic carbocycles. The van der Waals surface area contributed by atoms with Crippen LogP contribution in [0.3, 0.4) is 0 Å². The van der Waals surface area contributed by atoms with Gasteiger partial charge in [-0.05, 0) is 41.7 Å². The van der Waals surface area contributed by atoms with Crippen molar-refractivity contribution in [2.24, 2.45) is 0 Å². The Bertz CT molecular complexity index is 651. The molecule has 0 bridgehead atoms. The molecule has 1 aliphatic rings. The molecular weight excluding hydrogens is 284 g/mol. The van der Waals surface area contributed by atoms with Crippen molar-refractivity contribution in [3.8, 4) is 5.75 Å². The number of carbonyl (C=O) groups excluding carboxylic acids is 1. The van der Waals surface area contributed by atoms with Crippen LogP contribution in [0.4, 0.5) is 0 Å². The number of halogens is 1. The predicted octanol–water partition coefficient (Wildman–Crippen LogP) is 4.41. The van der Waals surface area contributed by atoms with E-state index in [9.17, 15) is 4.79 Å². The van der Waals surface area contributed by atoms with E-state index in [0.717, 1.165) is 23.3 Å². The van der Waals surface area contributed by atoms with Crippen LogP contribution in [0.5, 0.6) is 5.75 Å². The van der Waals surface area contributed by atoms with E-state index in [1.165, 1.54) is 0 Å². The Morgan fingerprint density at radius 2 is 2.05 bits per heavy atom. The number of ether oxygens (including phenoxy) is 1. The van der Waals surface area contributed by atoms with Crippen LogP contribution in [0.15, 0.2) is 48.5 Å². The summed E-state index contributed by atoms with van der Waals surface area (Å²) in [6, 6.07) is 15.5. The Morgan fingerprint density at radius 3 is 2.90 bits per heavy atom. The molecule has 0 radical (unpaired) electrons. The molecule has 0 amide bonds. The minimum atomic E-state index is 0.249. The summed E-state index contributed by atoms with van der Waals surface area (Å²) in [4.78, 5) is 12.3. The van der Waals surface area contributed by atoms with Gasteiger partial charge in [0.05, 0.1) is 6.61 Å². The van der Waals surface area contributed by atoms with E-state index >= 15 is 0 Å². The largest absolute Gasteiger partial charge is 0.493 e. The molecule has 0 aliphatic carbocycles. The van der Waals surface area contributed by atoms with Crippen molar-refractivity contribution >= 4 is 17.4 Å². The van der Waals surface area contributed by atoms with Crippen LogP contribution in [0, 0.1) is 0 Å². The third-order valence-corrected chi connectivity index (χ3v) is 4.08. The molecule has 1 atom stereocenters. The van der Waals surface area contributed by atoms with Crippen molar-refractivity contribution in [3.63, 3.8) is 0 Å². The topological polar surface area (TPSA) is 26.3 Å². The van der Waals surface area contributed by atoms with Gasteiger partial charge in [-0.2, -0.15) is 0 Å². The fraction of sp³-hybridized carbons (Fsp3) is 0.278. The molecule has 108 valence electrons. The quantitative estimate of drug-likeness (QED) is 0.836. The Balaban J connectivity index is 1.68. The first-order valence-corrected chi connectivity index (χ1v) is 7.58. The zero-order valence-electron chi connectivity index (χ0n) is 11.7. The molecule has 0 aromatic heterocycles. The van der Waals surface area contributed by atoms with Crippen molar-refractivity contribution in [2.75, 3.05) is 6.61 Å². The third kappa shape index (κ3) is 3.45. The number of rotatable bonds is 4. The fourth-order valence-electron chi connectivity index (χ4n) is 2.85. The van der Waals surface area contributed by atoms with Gasteiger partial charge in [0.1, 0.15) is 11.5 Å². The number of hydrogen-bond donors (Lipinski definition) is 0. The molecule has 0 N–H and O–H groups in total. The van der Waals surface area contributed by atoms with Crippen LogP contribution >= 0.6 is 11.6 Å². The molecule has 21 heavy (non-hydrogen) atoms. The molecule has 3 heteroatoms. The highest BCUT2D eigenvalue weighted by atomic mass is 35.5. The number of fused-ring (bicyclic) bond motifs is 1. The molecule has 3 rings (SSSR count). The summed E-state index contributed by atoms with van der Waals surface area (Å²) >= 11 is 5.96. The molecule has 1 aliphatic heterocycles. The minimum Gasteiger partial charge on any atom is -0.493 e. The normalized spacial score (nSPS) is 16.9. The Morgan fingerprint density at radius 1 is 1.19 bits per heavy atom. The van der Waals surface area contributed by atoms with Gasteiger partial charge in [-0.15, -0.1) is 0 Å². The molecule has 0 saturated carbocycles. The zero-order valence-corrected chi connectivity index (χ0v) is 12.5. The van der Waals surface area contributed by atoms with E-state index < -0.39 is 0 Å². The standard InChI is InChI=1S/C18H17ClO2/c19-15-5-3-4-13(10-15)11-16(20)12-14-8-9-21-18-7-2-1-6-17(14)18/h1-7,10,14H,8-9,11-12H2. The highest BCUT2D eigenvalue weighted by Crippen LogP contribution is 2.35. The second-order valence-corrected chi connectivity index (χ2v) is 5.86. The van der Waals surface area contributed by atoms with Gasteiger partial charge in [0.2, 0.25) is 0 Å². The number of Topliss-reactive ketones (excluding diaryl/α,β-unsaturated/α-hetero) is 1. The number of para-hydroxylation sites is 1. The van der Waals surface area contributed by atoms with Crippen molar-refractivity contribution in [1.29, 1.82) is 0 Å². The van der Waals surface area contributed by atoms with Gasteiger partial charge < -0.3 is 4.74 Å². The predicted molar refractivity (Wildman–Crippen MR) is 84.1 cm³/mol. The summed E-state index contributed by atoms with van der Waals surface area (Å²) in [5, 5.41) is 0.678. The van der Waals surface area contributed by atoms with E-state index in [4.69, 9.17) is 16.3 Å². The second-order valence-electron chi connectivity index (χ2n) is 5.42. The molecular formula is C18H17ClO2. The molecule has 2 aromatic rings. The van der Waals surface area contributed by atoms with Gasteiger partial charge in [0, 0.05) is 17.9 Å². The molecule has 0 fully saturated rings. The van der Waals surface area contributed by atoms with E-state index in [1.54, 1.807) is 0 Å². The maximum absolute atomic E-state index is 12.3. The van der Waals surface area contributed by atoms with E-state index in [1.807, 2.05) is 42.5 Å². The van der Waals surface area contributed by atoms with Crippen LogP contribution in [0.1, 0.15) is 29.9 Å². The van der Waals surface area contributed by atoms with Gasteiger partial charge in [-0.1, -0.05) is 41.9 Å². The Kier molecular flexibility index (Phi) is 4.26. The number of hydrogen-bond acceptors (Lipinski definition) is 2. The summed E-state index contributed by atoms with van der Waals surface area (Å²) in [6.45, 7) is 0.687. The maximum Gasteiger partial charge on any atom is 0.137 e. The summed E-state index contributed by atoms with van der Waals surface area (Å²) in [7, 11) is 0. The second kappa shape index (κ2) is 6.31. The highest BCUT2D eigenvalue weighted by Gasteiger charge is 2.23. The molecule has 0 spiro atoms. The van der Waals surface area contributed by atoms with Crippen molar-refractivity contribution < 1.29 is 9.53 Å². The third-order valence-electron chi connectivity index (χ3n) is 3.85. The van der Waals surface area contributed by atoms with Gasteiger partial charge in [-0.3, -0.25) is 4.79 Å². The fourth-order valence-corrected chi connectivity index (χ4v) is 3.06. The van der Waals surface area contributed by atoms with Crippen molar-refractivity contribution in [3.05, 3.63) is 64.7 Å².